The number of fused-ring (bicyclic) bond motifs is 1. The summed E-state index contributed by atoms with van der Waals surface area (Å²) in [4.78, 5) is 21.8. The van der Waals surface area contributed by atoms with Crippen molar-refractivity contribution in [3.8, 4) is 5.75 Å². The molecule has 2 aromatic carbocycles. The number of amides is 1. The maximum Gasteiger partial charge on any atom is 0.266 e. The second kappa shape index (κ2) is 10.8. The summed E-state index contributed by atoms with van der Waals surface area (Å²) in [5.74, 6) is 0.640. The van der Waals surface area contributed by atoms with Crippen LogP contribution < -0.4 is 9.64 Å². The minimum atomic E-state index is -0.0707. The predicted octanol–water partition coefficient (Wildman–Crippen LogP) is 5.01. The first kappa shape index (κ1) is 24.1. The van der Waals surface area contributed by atoms with Crippen molar-refractivity contribution in [1.29, 1.82) is 0 Å². The molecule has 0 aliphatic heterocycles. The molecular weight excluding hydrogens is 418 g/mol. The van der Waals surface area contributed by atoms with Crippen LogP contribution in [-0.2, 0) is 4.79 Å². The zero-order valence-electron chi connectivity index (χ0n) is 18.3. The van der Waals surface area contributed by atoms with Gasteiger partial charge in [0.1, 0.15) is 5.75 Å². The second-order valence-electron chi connectivity index (χ2n) is 7.66. The normalized spacial score (nSPS) is 10.9. The Kier molecular flexibility index (Phi) is 8.65. The van der Waals surface area contributed by atoms with Crippen LogP contribution in [-0.4, -0.2) is 49.6 Å². The van der Waals surface area contributed by atoms with E-state index in [1.54, 1.807) is 16.2 Å². The van der Waals surface area contributed by atoms with Crippen molar-refractivity contribution in [2.24, 2.45) is 0 Å². The van der Waals surface area contributed by atoms with Gasteiger partial charge < -0.3 is 9.64 Å². The van der Waals surface area contributed by atoms with Crippen LogP contribution in [0.25, 0.3) is 10.2 Å². The molecule has 0 bridgehead atoms. The fourth-order valence-electron chi connectivity index (χ4n) is 3.13. The van der Waals surface area contributed by atoms with Crippen LogP contribution in [0.5, 0.6) is 5.75 Å². The fraction of sp³-hybridized carbons (Fsp3) is 0.391. The Balaban J connectivity index is 0.00000320. The van der Waals surface area contributed by atoms with E-state index in [1.165, 1.54) is 11.1 Å². The van der Waals surface area contributed by atoms with Gasteiger partial charge in [0.05, 0.1) is 10.2 Å². The summed E-state index contributed by atoms with van der Waals surface area (Å²) in [6.07, 6.45) is 0.872. The monoisotopic (exact) mass is 447 g/mol. The highest BCUT2D eigenvalue weighted by Gasteiger charge is 2.21. The lowest BCUT2D eigenvalue weighted by Crippen LogP contribution is -2.36. The number of rotatable bonds is 8. The fourth-order valence-corrected chi connectivity index (χ4v) is 4.20. The Labute approximate surface area is 189 Å². The van der Waals surface area contributed by atoms with Crippen LogP contribution in [0.1, 0.15) is 23.1 Å². The molecule has 0 atom stereocenters. The summed E-state index contributed by atoms with van der Waals surface area (Å²) < 4.78 is 6.88. The average Bonchev–Trinajstić information content (AvgIpc) is 3.11. The average molecular weight is 448 g/mol. The summed E-state index contributed by atoms with van der Waals surface area (Å²) in [7, 11) is 4.08. The molecule has 3 rings (SSSR count). The van der Waals surface area contributed by atoms with E-state index in [-0.39, 0.29) is 24.9 Å². The highest BCUT2D eigenvalue weighted by atomic mass is 35.5. The van der Waals surface area contributed by atoms with E-state index in [1.807, 2.05) is 45.3 Å². The summed E-state index contributed by atoms with van der Waals surface area (Å²) >= 11 is 1.56. The molecule has 1 amide bonds. The van der Waals surface area contributed by atoms with Crippen molar-refractivity contribution in [3.63, 3.8) is 0 Å². The van der Waals surface area contributed by atoms with Gasteiger partial charge in [0.2, 0.25) is 0 Å². The molecule has 0 saturated carbocycles. The van der Waals surface area contributed by atoms with E-state index in [9.17, 15) is 4.79 Å². The first-order valence-corrected chi connectivity index (χ1v) is 10.7. The van der Waals surface area contributed by atoms with Gasteiger partial charge in [-0.3, -0.25) is 9.69 Å². The van der Waals surface area contributed by atoms with Gasteiger partial charge in [0.15, 0.2) is 11.7 Å². The highest BCUT2D eigenvalue weighted by Crippen LogP contribution is 2.32. The number of hydrogen-bond donors (Lipinski definition) is 0. The molecule has 162 valence electrons. The van der Waals surface area contributed by atoms with Crippen LogP contribution in [0.3, 0.4) is 0 Å². The molecule has 0 aliphatic carbocycles. The smallest absolute Gasteiger partial charge is 0.266 e. The van der Waals surface area contributed by atoms with Gasteiger partial charge >= 0.3 is 0 Å². The Morgan fingerprint density at radius 2 is 1.87 bits per heavy atom. The summed E-state index contributed by atoms with van der Waals surface area (Å²) in [6.45, 7) is 7.70. The Morgan fingerprint density at radius 1 is 1.10 bits per heavy atom. The Bertz CT molecular complexity index is 1000. The van der Waals surface area contributed by atoms with Gasteiger partial charge in [-0.2, -0.15) is 0 Å². The van der Waals surface area contributed by atoms with Crippen molar-refractivity contribution >= 4 is 45.0 Å². The number of thiazole rings is 1. The van der Waals surface area contributed by atoms with E-state index >= 15 is 0 Å². The molecular formula is C23H30ClN3O2S. The first-order valence-electron chi connectivity index (χ1n) is 9.86. The number of anilines is 1. The number of halogens is 1. The number of aromatic nitrogens is 1. The molecule has 0 N–H and O–H groups in total. The Morgan fingerprint density at radius 3 is 2.57 bits per heavy atom. The van der Waals surface area contributed by atoms with Crippen LogP contribution in [0.2, 0.25) is 0 Å². The molecule has 5 nitrogen and oxygen atoms in total. The van der Waals surface area contributed by atoms with Crippen LogP contribution in [0.15, 0.2) is 36.4 Å². The van der Waals surface area contributed by atoms with Crippen LogP contribution in [0.4, 0.5) is 5.13 Å². The van der Waals surface area contributed by atoms with Crippen molar-refractivity contribution in [2.45, 2.75) is 27.2 Å². The number of nitrogens with zero attached hydrogens (tertiary/aromatic N) is 3. The molecule has 30 heavy (non-hydrogen) atoms. The number of carbonyl (C=O) groups excluding carboxylic acids is 1. The quantitative estimate of drug-likeness (QED) is 0.487. The van der Waals surface area contributed by atoms with Crippen molar-refractivity contribution < 1.29 is 9.53 Å². The number of benzene rings is 2. The van der Waals surface area contributed by atoms with Crippen molar-refractivity contribution in [3.05, 3.63) is 53.1 Å². The van der Waals surface area contributed by atoms with E-state index in [0.717, 1.165) is 33.9 Å². The number of ether oxygens (including phenoxy) is 1. The van der Waals surface area contributed by atoms with Crippen LogP contribution >= 0.6 is 23.7 Å². The predicted molar refractivity (Wildman–Crippen MR) is 129 cm³/mol. The number of hydrogen-bond acceptors (Lipinski definition) is 5. The third-order valence-electron chi connectivity index (χ3n) is 4.94. The number of aryl methyl sites for hydroxylation is 3. The molecule has 0 unspecified atom stereocenters. The van der Waals surface area contributed by atoms with Gasteiger partial charge in [-0.15, -0.1) is 12.4 Å². The van der Waals surface area contributed by atoms with E-state index in [0.29, 0.717) is 12.3 Å². The molecule has 0 radical (unpaired) electrons. The summed E-state index contributed by atoms with van der Waals surface area (Å²) in [6, 6.07) is 12.0. The maximum atomic E-state index is 13.1. The standard InChI is InChI=1S/C23H29N3O2S.ClH/c1-16-8-6-9-19(14-16)28-15-21(27)26(13-7-12-25(4)5)23-24-22-18(3)17(2)10-11-20(22)29-23;/h6,8-11,14H,7,12-13,15H2,1-5H3;1H. The topological polar surface area (TPSA) is 45.7 Å². The van der Waals surface area contributed by atoms with Gasteiger partial charge in [-0.25, -0.2) is 4.98 Å². The molecule has 3 aromatic rings. The molecule has 0 spiro atoms. The molecule has 0 saturated heterocycles. The molecule has 1 heterocycles. The molecule has 7 heteroatoms. The van der Waals surface area contributed by atoms with E-state index in [4.69, 9.17) is 9.72 Å². The molecule has 1 aromatic heterocycles. The first-order chi connectivity index (χ1) is 13.8. The van der Waals surface area contributed by atoms with Crippen LogP contribution in [0, 0.1) is 20.8 Å². The lowest BCUT2D eigenvalue weighted by Gasteiger charge is -2.21. The zero-order valence-corrected chi connectivity index (χ0v) is 19.9. The van der Waals surface area contributed by atoms with Crippen molar-refractivity contribution in [1.82, 2.24) is 9.88 Å². The SMILES string of the molecule is Cc1cccc(OCC(=O)N(CCCN(C)C)c2nc3c(C)c(C)ccc3s2)c1.Cl. The third-order valence-corrected chi connectivity index (χ3v) is 5.99. The minimum Gasteiger partial charge on any atom is -0.484 e. The van der Waals surface area contributed by atoms with Gasteiger partial charge in [-0.1, -0.05) is 29.5 Å². The third kappa shape index (κ3) is 5.94. The summed E-state index contributed by atoms with van der Waals surface area (Å²) in [5.41, 5.74) is 4.47. The van der Waals surface area contributed by atoms with E-state index < -0.39 is 0 Å². The zero-order chi connectivity index (χ0) is 21.0. The minimum absolute atomic E-state index is 0. The van der Waals surface area contributed by atoms with Crippen molar-refractivity contribution in [2.75, 3.05) is 38.7 Å². The largest absolute Gasteiger partial charge is 0.484 e. The molecule has 0 fully saturated rings. The van der Waals surface area contributed by atoms with Gasteiger partial charge in [0.25, 0.3) is 5.91 Å². The Hall–Kier alpha value is -2.15. The summed E-state index contributed by atoms with van der Waals surface area (Å²) in [5, 5.41) is 0.741. The van der Waals surface area contributed by atoms with Gasteiger partial charge in [0, 0.05) is 6.54 Å². The number of carbonyl (C=O) groups is 1. The molecule has 0 aliphatic rings. The van der Waals surface area contributed by atoms with E-state index in [2.05, 4.69) is 30.9 Å². The maximum absolute atomic E-state index is 13.1. The highest BCUT2D eigenvalue weighted by molar-refractivity contribution is 7.22. The lowest BCUT2D eigenvalue weighted by atomic mass is 10.1. The van der Waals surface area contributed by atoms with Gasteiger partial charge in [-0.05, 0) is 82.7 Å². The lowest BCUT2D eigenvalue weighted by molar-refractivity contribution is -0.120. The second-order valence-corrected chi connectivity index (χ2v) is 8.67.